The molecule has 0 heterocycles. The van der Waals surface area contributed by atoms with Gasteiger partial charge in [0, 0.05) is 25.0 Å². The summed E-state index contributed by atoms with van der Waals surface area (Å²) in [6.45, 7) is 7.84. The third-order valence-electron chi connectivity index (χ3n) is 2.94. The van der Waals surface area contributed by atoms with Gasteiger partial charge in [0.25, 0.3) is 5.91 Å². The van der Waals surface area contributed by atoms with Gasteiger partial charge in [-0.05, 0) is 39.3 Å². The maximum absolute atomic E-state index is 12.1. The molecule has 1 rings (SSSR count). The van der Waals surface area contributed by atoms with Crippen LogP contribution in [0.3, 0.4) is 0 Å². The maximum atomic E-state index is 12.1. The van der Waals surface area contributed by atoms with E-state index in [1.54, 1.807) is 32.9 Å². The van der Waals surface area contributed by atoms with Crippen LogP contribution in [0, 0.1) is 18.3 Å². The molecule has 0 atom stereocenters. The molecule has 0 aromatic heterocycles. The SMILES string of the molecule is Cc1ccccc1NC(=O)/C(C#N)=C\NCCNC(=O)OC(C)(C)C. The topological polar surface area (TPSA) is 103 Å². The number of ether oxygens (including phenoxy) is 1. The van der Waals surface area contributed by atoms with Crippen LogP contribution in [0.1, 0.15) is 26.3 Å². The van der Waals surface area contributed by atoms with Gasteiger partial charge in [-0.15, -0.1) is 0 Å². The van der Waals surface area contributed by atoms with Crippen molar-refractivity contribution in [2.24, 2.45) is 0 Å². The highest BCUT2D eigenvalue weighted by Gasteiger charge is 2.15. The lowest BCUT2D eigenvalue weighted by Gasteiger charge is -2.19. The van der Waals surface area contributed by atoms with Gasteiger partial charge in [0.05, 0.1) is 0 Å². The number of nitrogens with zero attached hydrogens (tertiary/aromatic N) is 1. The summed E-state index contributed by atoms with van der Waals surface area (Å²) in [6.07, 6.45) is 0.806. The number of alkyl carbamates (subject to hydrolysis) is 1. The van der Waals surface area contributed by atoms with Crippen LogP contribution in [0.2, 0.25) is 0 Å². The van der Waals surface area contributed by atoms with Gasteiger partial charge in [0.2, 0.25) is 0 Å². The van der Waals surface area contributed by atoms with E-state index in [0.717, 1.165) is 5.56 Å². The van der Waals surface area contributed by atoms with Gasteiger partial charge in [-0.2, -0.15) is 5.26 Å². The number of nitriles is 1. The minimum atomic E-state index is -0.556. The Morgan fingerprint density at radius 1 is 1.24 bits per heavy atom. The number of carbonyl (C=O) groups is 2. The van der Waals surface area contributed by atoms with Crippen molar-refractivity contribution in [2.45, 2.75) is 33.3 Å². The number of aryl methyl sites for hydroxylation is 1. The van der Waals surface area contributed by atoms with E-state index in [2.05, 4.69) is 16.0 Å². The van der Waals surface area contributed by atoms with Crippen molar-refractivity contribution < 1.29 is 14.3 Å². The molecule has 0 bridgehead atoms. The minimum absolute atomic E-state index is 0.0551. The number of benzene rings is 1. The molecular formula is C18H24N4O3. The highest BCUT2D eigenvalue weighted by atomic mass is 16.6. The summed E-state index contributed by atoms with van der Waals surface area (Å²) < 4.78 is 5.09. The van der Waals surface area contributed by atoms with Crippen LogP contribution in [-0.4, -0.2) is 30.7 Å². The van der Waals surface area contributed by atoms with Crippen molar-refractivity contribution in [3.05, 3.63) is 41.6 Å². The molecular weight excluding hydrogens is 320 g/mol. The molecule has 3 N–H and O–H groups in total. The predicted octanol–water partition coefficient (Wildman–Crippen LogP) is 2.46. The minimum Gasteiger partial charge on any atom is -0.444 e. The summed E-state index contributed by atoms with van der Waals surface area (Å²) in [5.74, 6) is -0.496. The number of nitrogens with one attached hydrogen (secondary N) is 3. The highest BCUT2D eigenvalue weighted by Crippen LogP contribution is 2.13. The first-order valence-corrected chi connectivity index (χ1v) is 7.90. The fraction of sp³-hybridized carbons (Fsp3) is 0.389. The van der Waals surface area contributed by atoms with Gasteiger partial charge in [-0.25, -0.2) is 4.79 Å². The molecule has 2 amide bonds. The lowest BCUT2D eigenvalue weighted by molar-refractivity contribution is -0.112. The molecule has 0 spiro atoms. The average molecular weight is 344 g/mol. The average Bonchev–Trinajstić information content (AvgIpc) is 2.51. The number of rotatable bonds is 6. The van der Waals surface area contributed by atoms with Crippen LogP contribution >= 0.6 is 0 Å². The lowest BCUT2D eigenvalue weighted by atomic mass is 10.2. The fourth-order valence-corrected chi connectivity index (χ4v) is 1.78. The van der Waals surface area contributed by atoms with Gasteiger partial charge < -0.3 is 20.7 Å². The van der Waals surface area contributed by atoms with Crippen molar-refractivity contribution in [3.8, 4) is 6.07 Å². The monoisotopic (exact) mass is 344 g/mol. The summed E-state index contributed by atoms with van der Waals surface area (Å²) in [5, 5.41) is 17.2. The summed E-state index contributed by atoms with van der Waals surface area (Å²) in [6, 6.07) is 9.15. The zero-order valence-corrected chi connectivity index (χ0v) is 15.0. The first kappa shape index (κ1) is 20.0. The summed E-state index contributed by atoms with van der Waals surface area (Å²) in [4.78, 5) is 23.6. The molecule has 0 aliphatic rings. The second-order valence-electron chi connectivity index (χ2n) is 6.32. The molecule has 0 saturated carbocycles. The van der Waals surface area contributed by atoms with Gasteiger partial charge in [-0.3, -0.25) is 4.79 Å². The van der Waals surface area contributed by atoms with Gasteiger partial charge in [0.15, 0.2) is 0 Å². The Balaban J connectivity index is 2.44. The van der Waals surface area contributed by atoms with Crippen LogP contribution in [0.5, 0.6) is 0 Å². The second-order valence-corrected chi connectivity index (χ2v) is 6.32. The van der Waals surface area contributed by atoms with E-state index < -0.39 is 17.6 Å². The van der Waals surface area contributed by atoms with Gasteiger partial charge in [0.1, 0.15) is 17.2 Å². The number of hydrogen-bond donors (Lipinski definition) is 3. The van der Waals surface area contributed by atoms with Crippen LogP contribution in [0.25, 0.3) is 0 Å². The molecule has 1 aromatic rings. The van der Waals surface area contributed by atoms with E-state index in [1.807, 2.05) is 25.1 Å². The molecule has 7 nitrogen and oxygen atoms in total. The molecule has 0 radical (unpaired) electrons. The molecule has 0 aliphatic heterocycles. The van der Waals surface area contributed by atoms with Crippen LogP contribution < -0.4 is 16.0 Å². The quantitative estimate of drug-likeness (QED) is 0.418. The Hall–Kier alpha value is -3.01. The zero-order chi connectivity index (χ0) is 18.9. The molecule has 0 saturated heterocycles. The molecule has 0 fully saturated rings. The van der Waals surface area contributed by atoms with Crippen LogP contribution in [0.15, 0.2) is 36.0 Å². The van der Waals surface area contributed by atoms with Crippen molar-refractivity contribution in [1.29, 1.82) is 5.26 Å². The lowest BCUT2D eigenvalue weighted by Crippen LogP contribution is -2.35. The summed E-state index contributed by atoms with van der Waals surface area (Å²) in [5.41, 5.74) is 0.947. The molecule has 1 aromatic carbocycles. The number of anilines is 1. The molecule has 25 heavy (non-hydrogen) atoms. The molecule has 0 unspecified atom stereocenters. The Labute approximate surface area is 148 Å². The predicted molar refractivity (Wildman–Crippen MR) is 95.7 cm³/mol. The second kappa shape index (κ2) is 9.33. The molecule has 0 aliphatic carbocycles. The third kappa shape index (κ3) is 7.88. The van der Waals surface area contributed by atoms with E-state index in [1.165, 1.54) is 6.20 Å². The summed E-state index contributed by atoms with van der Waals surface area (Å²) >= 11 is 0. The van der Waals surface area contributed by atoms with Crippen molar-refractivity contribution >= 4 is 17.7 Å². The van der Waals surface area contributed by atoms with E-state index >= 15 is 0 Å². The van der Waals surface area contributed by atoms with E-state index in [-0.39, 0.29) is 5.57 Å². The largest absolute Gasteiger partial charge is 0.444 e. The molecule has 7 heteroatoms. The zero-order valence-electron chi connectivity index (χ0n) is 15.0. The highest BCUT2D eigenvalue weighted by molar-refractivity contribution is 6.06. The van der Waals surface area contributed by atoms with Crippen molar-refractivity contribution in [1.82, 2.24) is 10.6 Å². The Morgan fingerprint density at radius 3 is 2.52 bits per heavy atom. The number of carbonyl (C=O) groups excluding carboxylic acids is 2. The van der Waals surface area contributed by atoms with Crippen molar-refractivity contribution in [2.75, 3.05) is 18.4 Å². The molecule has 134 valence electrons. The van der Waals surface area contributed by atoms with Crippen LogP contribution in [-0.2, 0) is 9.53 Å². The maximum Gasteiger partial charge on any atom is 0.407 e. The Kier molecular flexibility index (Phi) is 7.47. The van der Waals surface area contributed by atoms with E-state index in [0.29, 0.717) is 18.8 Å². The number of hydrogen-bond acceptors (Lipinski definition) is 5. The number of amides is 2. The standard InChI is InChI=1S/C18H24N4O3/c1-13-7-5-6-8-15(13)22-16(23)14(11-19)12-20-9-10-21-17(24)25-18(2,3)4/h5-8,12,20H,9-10H2,1-4H3,(H,21,24)(H,22,23)/b14-12-. The van der Waals surface area contributed by atoms with E-state index in [9.17, 15) is 9.59 Å². The fourth-order valence-electron chi connectivity index (χ4n) is 1.78. The van der Waals surface area contributed by atoms with Gasteiger partial charge >= 0.3 is 6.09 Å². The first-order valence-electron chi connectivity index (χ1n) is 7.90. The van der Waals surface area contributed by atoms with Gasteiger partial charge in [-0.1, -0.05) is 18.2 Å². The third-order valence-corrected chi connectivity index (χ3v) is 2.94. The van der Waals surface area contributed by atoms with Crippen LogP contribution in [0.4, 0.5) is 10.5 Å². The summed E-state index contributed by atoms with van der Waals surface area (Å²) in [7, 11) is 0. The van der Waals surface area contributed by atoms with Crippen molar-refractivity contribution in [3.63, 3.8) is 0 Å². The first-order chi connectivity index (χ1) is 11.7. The van der Waals surface area contributed by atoms with E-state index in [4.69, 9.17) is 10.00 Å². The normalized spacial score (nSPS) is 11.2. The smallest absolute Gasteiger partial charge is 0.407 e. The Bertz CT molecular complexity index is 684. The Morgan fingerprint density at radius 2 is 1.92 bits per heavy atom. The number of para-hydroxylation sites is 1.